The molecule has 0 saturated carbocycles. The molecule has 5 nitrogen and oxygen atoms in total. The minimum atomic E-state index is -3.82. The summed E-state index contributed by atoms with van der Waals surface area (Å²) in [5.41, 5.74) is 5.64. The lowest BCUT2D eigenvalue weighted by Crippen LogP contribution is -2.45. The number of benzene rings is 3. The molecule has 5 rings (SSSR count). The number of rotatable bonds is 3. The molecule has 0 fully saturated rings. The third kappa shape index (κ3) is 3.31. The number of hydrogen-bond donors (Lipinski definition) is 0. The Morgan fingerprint density at radius 1 is 0.935 bits per heavy atom. The fraction of sp³-hybridized carbons (Fsp3) is 0.240. The maximum absolute atomic E-state index is 13.5. The molecule has 2 aliphatic heterocycles. The van der Waals surface area contributed by atoms with E-state index in [1.165, 1.54) is 9.87 Å². The third-order valence-electron chi connectivity index (χ3n) is 6.25. The van der Waals surface area contributed by atoms with Crippen LogP contribution >= 0.6 is 0 Å². The molecule has 2 heterocycles. The Balaban J connectivity index is 1.52. The lowest BCUT2D eigenvalue weighted by molar-refractivity contribution is -0.130. The first-order valence-electron chi connectivity index (χ1n) is 10.6. The largest absolute Gasteiger partial charge is 0.336 e. The number of carbonyl (C=O) groups excluding carboxylic acids is 1. The summed E-state index contributed by atoms with van der Waals surface area (Å²) < 4.78 is 28.3. The summed E-state index contributed by atoms with van der Waals surface area (Å²) in [7, 11) is -3.82. The second-order valence-corrected chi connectivity index (χ2v) is 9.88. The Morgan fingerprint density at radius 3 is 2.48 bits per heavy atom. The highest BCUT2D eigenvalue weighted by Gasteiger charge is 2.37. The summed E-state index contributed by atoms with van der Waals surface area (Å²) in [5, 5.41) is 0. The molecule has 0 aromatic heterocycles. The molecule has 0 radical (unpaired) electrons. The Kier molecular flexibility index (Phi) is 4.82. The van der Waals surface area contributed by atoms with Crippen LogP contribution in [-0.2, 0) is 34.2 Å². The third-order valence-corrected chi connectivity index (χ3v) is 8.06. The standard InChI is InChI=1S/C25H24N2O3S/c1-2-18-11-12-23-22(15-18)21-9-5-6-10-24(21)31(29,30)27(23)17-25(28)26-14-13-19-7-3-4-8-20(19)16-26/h3-12,15H,2,13-14,16-17H2,1H3. The summed E-state index contributed by atoms with van der Waals surface area (Å²) in [6.07, 6.45) is 1.64. The highest BCUT2D eigenvalue weighted by atomic mass is 32.2. The number of hydrogen-bond acceptors (Lipinski definition) is 3. The minimum absolute atomic E-state index is 0.178. The fourth-order valence-corrected chi connectivity index (χ4v) is 6.14. The van der Waals surface area contributed by atoms with Crippen LogP contribution in [0.15, 0.2) is 71.6 Å². The van der Waals surface area contributed by atoms with Crippen LogP contribution in [-0.4, -0.2) is 32.3 Å². The van der Waals surface area contributed by atoms with Gasteiger partial charge in [0.2, 0.25) is 5.91 Å². The Labute approximate surface area is 183 Å². The van der Waals surface area contributed by atoms with E-state index in [-0.39, 0.29) is 17.3 Å². The van der Waals surface area contributed by atoms with E-state index in [0.717, 1.165) is 29.5 Å². The summed E-state index contributed by atoms with van der Waals surface area (Å²) in [6.45, 7) is 2.99. The van der Waals surface area contributed by atoms with Gasteiger partial charge in [-0.15, -0.1) is 0 Å². The summed E-state index contributed by atoms with van der Waals surface area (Å²) in [6, 6.07) is 21.0. The van der Waals surface area contributed by atoms with Crippen LogP contribution in [0.25, 0.3) is 11.1 Å². The van der Waals surface area contributed by atoms with Crippen LogP contribution in [0.4, 0.5) is 5.69 Å². The van der Waals surface area contributed by atoms with Crippen LogP contribution in [0.1, 0.15) is 23.6 Å². The van der Waals surface area contributed by atoms with Crippen LogP contribution in [0.2, 0.25) is 0 Å². The van der Waals surface area contributed by atoms with Crippen LogP contribution in [0.3, 0.4) is 0 Å². The van der Waals surface area contributed by atoms with Gasteiger partial charge in [0.25, 0.3) is 10.0 Å². The van der Waals surface area contributed by atoms with Gasteiger partial charge in [-0.2, -0.15) is 0 Å². The van der Waals surface area contributed by atoms with Crippen molar-refractivity contribution in [3.05, 3.63) is 83.4 Å². The first-order chi connectivity index (χ1) is 15.0. The minimum Gasteiger partial charge on any atom is -0.336 e. The van der Waals surface area contributed by atoms with E-state index < -0.39 is 10.0 Å². The fourth-order valence-electron chi connectivity index (χ4n) is 4.50. The second-order valence-electron chi connectivity index (χ2n) is 8.05. The Hall–Kier alpha value is -3.12. The molecule has 0 atom stereocenters. The van der Waals surface area contributed by atoms with Crippen molar-refractivity contribution in [2.75, 3.05) is 17.4 Å². The van der Waals surface area contributed by atoms with Gasteiger partial charge in [0, 0.05) is 24.2 Å². The summed E-state index contributed by atoms with van der Waals surface area (Å²) >= 11 is 0. The van der Waals surface area contributed by atoms with E-state index >= 15 is 0 Å². The maximum atomic E-state index is 13.5. The molecular formula is C25H24N2O3S. The highest BCUT2D eigenvalue weighted by Crippen LogP contribution is 2.43. The first-order valence-corrected chi connectivity index (χ1v) is 12.0. The van der Waals surface area contributed by atoms with Crippen LogP contribution < -0.4 is 4.31 Å². The monoisotopic (exact) mass is 432 g/mol. The van der Waals surface area contributed by atoms with Gasteiger partial charge >= 0.3 is 0 Å². The molecule has 6 heteroatoms. The molecule has 0 aliphatic carbocycles. The normalized spacial score (nSPS) is 16.3. The van der Waals surface area contributed by atoms with Crippen LogP contribution in [0.5, 0.6) is 0 Å². The number of sulfonamides is 1. The van der Waals surface area contributed by atoms with Gasteiger partial charge in [0.05, 0.1) is 10.6 Å². The maximum Gasteiger partial charge on any atom is 0.265 e. The van der Waals surface area contributed by atoms with Gasteiger partial charge in [0.15, 0.2) is 0 Å². The van der Waals surface area contributed by atoms with Gasteiger partial charge in [-0.3, -0.25) is 9.10 Å². The number of carbonyl (C=O) groups is 1. The molecule has 0 bridgehead atoms. The second kappa shape index (κ2) is 7.54. The van der Waals surface area contributed by atoms with Gasteiger partial charge in [-0.25, -0.2) is 8.42 Å². The van der Waals surface area contributed by atoms with Crippen molar-refractivity contribution >= 4 is 21.6 Å². The van der Waals surface area contributed by atoms with E-state index in [2.05, 4.69) is 13.0 Å². The number of nitrogens with zero attached hydrogens (tertiary/aromatic N) is 2. The van der Waals surface area contributed by atoms with Crippen LogP contribution in [0, 0.1) is 0 Å². The average molecular weight is 433 g/mol. The van der Waals surface area contributed by atoms with Gasteiger partial charge < -0.3 is 4.90 Å². The lowest BCUT2D eigenvalue weighted by atomic mass is 9.99. The predicted molar refractivity (Wildman–Crippen MR) is 121 cm³/mol. The zero-order valence-electron chi connectivity index (χ0n) is 17.4. The van der Waals surface area contributed by atoms with E-state index in [1.54, 1.807) is 17.0 Å². The lowest BCUT2D eigenvalue weighted by Gasteiger charge is -2.35. The van der Waals surface area contributed by atoms with Gasteiger partial charge in [0.1, 0.15) is 6.54 Å². The van der Waals surface area contributed by atoms with Gasteiger partial charge in [-0.1, -0.05) is 55.5 Å². The molecule has 1 amide bonds. The van der Waals surface area contributed by atoms with E-state index in [1.807, 2.05) is 48.5 Å². The van der Waals surface area contributed by atoms with Crippen molar-refractivity contribution < 1.29 is 13.2 Å². The van der Waals surface area contributed by atoms with Crippen molar-refractivity contribution in [3.63, 3.8) is 0 Å². The molecular weight excluding hydrogens is 408 g/mol. The van der Waals surface area contributed by atoms with Crippen molar-refractivity contribution in [2.45, 2.75) is 31.2 Å². The van der Waals surface area contributed by atoms with Crippen molar-refractivity contribution in [2.24, 2.45) is 0 Å². The quantitative estimate of drug-likeness (QED) is 0.628. The molecule has 158 valence electrons. The van der Waals surface area contributed by atoms with Crippen molar-refractivity contribution in [3.8, 4) is 11.1 Å². The zero-order valence-corrected chi connectivity index (χ0v) is 18.2. The molecule has 31 heavy (non-hydrogen) atoms. The topological polar surface area (TPSA) is 57.7 Å². The number of fused-ring (bicyclic) bond motifs is 4. The molecule has 3 aromatic rings. The van der Waals surface area contributed by atoms with Gasteiger partial charge in [-0.05, 0) is 47.7 Å². The van der Waals surface area contributed by atoms with E-state index in [9.17, 15) is 13.2 Å². The molecule has 0 N–H and O–H groups in total. The zero-order chi connectivity index (χ0) is 21.6. The SMILES string of the molecule is CCc1ccc2c(c1)-c1ccccc1S(=O)(=O)N2CC(=O)N1CCc2ccccc2C1. The Bertz CT molecular complexity index is 1280. The number of aryl methyl sites for hydroxylation is 1. The van der Waals surface area contributed by atoms with Crippen molar-refractivity contribution in [1.29, 1.82) is 0 Å². The summed E-state index contributed by atoms with van der Waals surface area (Å²) in [5.74, 6) is -0.178. The average Bonchev–Trinajstić information content (AvgIpc) is 2.81. The smallest absolute Gasteiger partial charge is 0.265 e. The molecule has 2 aliphatic rings. The van der Waals surface area contributed by atoms with E-state index in [4.69, 9.17) is 0 Å². The van der Waals surface area contributed by atoms with E-state index in [0.29, 0.717) is 24.3 Å². The first kappa shape index (κ1) is 19.8. The molecule has 0 unspecified atom stereocenters. The summed E-state index contributed by atoms with van der Waals surface area (Å²) in [4.78, 5) is 15.2. The molecule has 3 aromatic carbocycles. The molecule has 0 saturated heterocycles. The highest BCUT2D eigenvalue weighted by molar-refractivity contribution is 7.93. The Morgan fingerprint density at radius 2 is 1.68 bits per heavy atom. The molecule has 0 spiro atoms. The predicted octanol–water partition coefficient (Wildman–Crippen LogP) is 4.01. The number of amides is 1. The number of anilines is 1. The van der Waals surface area contributed by atoms with Crippen molar-refractivity contribution in [1.82, 2.24) is 4.90 Å².